The van der Waals surface area contributed by atoms with Gasteiger partial charge in [-0.05, 0) is 30.3 Å². The number of hydrogen-bond acceptors (Lipinski definition) is 8. The maximum Gasteiger partial charge on any atom is 0.337 e. The zero-order valence-corrected chi connectivity index (χ0v) is 16.4. The highest BCUT2D eigenvalue weighted by atomic mass is 19.2. The van der Waals surface area contributed by atoms with Gasteiger partial charge < -0.3 is 9.47 Å². The molecule has 1 saturated heterocycles. The van der Waals surface area contributed by atoms with Gasteiger partial charge in [-0.2, -0.15) is 5.11 Å². The number of benzene rings is 2. The Kier molecular flexibility index (Phi) is 5.09. The van der Waals surface area contributed by atoms with Gasteiger partial charge in [-0.1, -0.05) is 5.22 Å². The van der Waals surface area contributed by atoms with Crippen molar-refractivity contribution in [3.05, 3.63) is 59.2 Å². The Morgan fingerprint density at radius 1 is 1.06 bits per heavy atom. The van der Waals surface area contributed by atoms with Gasteiger partial charge in [0, 0.05) is 11.6 Å². The number of fused-ring (bicyclic) bond motifs is 1. The number of hydrogen-bond donors (Lipinski definition) is 0. The number of carbonyl (C=O) groups excluding carboxylic acids is 3. The van der Waals surface area contributed by atoms with Crippen molar-refractivity contribution in [1.29, 1.82) is 0 Å². The lowest BCUT2D eigenvalue weighted by molar-refractivity contribution is -0.123. The first kappa shape index (κ1) is 20.4. The van der Waals surface area contributed by atoms with E-state index in [-0.39, 0.29) is 17.8 Å². The summed E-state index contributed by atoms with van der Waals surface area (Å²) in [5.41, 5.74) is 0.684. The second-order valence-electron chi connectivity index (χ2n) is 6.82. The predicted molar refractivity (Wildman–Crippen MR) is 101 cm³/mol. The summed E-state index contributed by atoms with van der Waals surface area (Å²) in [6.45, 7) is 0.00329. The lowest BCUT2D eigenvalue weighted by atomic mass is 10.1. The van der Waals surface area contributed by atoms with Gasteiger partial charge in [-0.15, -0.1) is 0 Å². The molecule has 2 heterocycles. The molecule has 2 aliphatic heterocycles. The van der Waals surface area contributed by atoms with Crippen LogP contribution in [-0.4, -0.2) is 49.1 Å². The summed E-state index contributed by atoms with van der Waals surface area (Å²) < 4.78 is 36.9. The van der Waals surface area contributed by atoms with Crippen molar-refractivity contribution in [3.8, 4) is 5.75 Å². The zero-order chi connectivity index (χ0) is 22.3. The third kappa shape index (κ3) is 3.37. The first-order valence-corrected chi connectivity index (χ1v) is 9.11. The van der Waals surface area contributed by atoms with Crippen LogP contribution in [0.5, 0.6) is 5.75 Å². The number of methoxy groups -OCH3 is 2. The molecule has 2 aromatic rings. The monoisotopic (exact) mass is 430 g/mol. The van der Waals surface area contributed by atoms with Crippen LogP contribution in [0.1, 0.15) is 15.9 Å². The molecule has 2 aromatic carbocycles. The van der Waals surface area contributed by atoms with E-state index in [0.717, 1.165) is 23.1 Å². The van der Waals surface area contributed by atoms with Gasteiger partial charge in [0.05, 0.1) is 32.0 Å². The van der Waals surface area contributed by atoms with Crippen molar-refractivity contribution in [2.45, 2.75) is 18.6 Å². The number of esters is 1. The standard InChI is InChI=1S/C20H16F2N4O5/c1-30-15-6-3-10(20(29)31-2)7-11(15)9-25-17-16(23-24-25)18(27)26(19(17)28)12-4-5-13(21)14(22)8-12/h3-8,16-17H,9H2,1-2H3. The fourth-order valence-electron chi connectivity index (χ4n) is 3.55. The van der Waals surface area contributed by atoms with Crippen molar-refractivity contribution in [2.75, 3.05) is 19.1 Å². The summed E-state index contributed by atoms with van der Waals surface area (Å²) in [7, 11) is 2.70. The van der Waals surface area contributed by atoms with Crippen LogP contribution in [0.2, 0.25) is 0 Å². The number of carbonyl (C=O) groups is 3. The van der Waals surface area contributed by atoms with Crippen molar-refractivity contribution >= 4 is 23.5 Å². The maximum atomic E-state index is 13.6. The van der Waals surface area contributed by atoms with Gasteiger partial charge in [0.15, 0.2) is 23.7 Å². The second-order valence-corrected chi connectivity index (χ2v) is 6.82. The molecule has 0 N–H and O–H groups in total. The number of anilines is 1. The minimum atomic E-state index is -1.18. The van der Waals surface area contributed by atoms with Gasteiger partial charge in [0.1, 0.15) is 5.75 Å². The van der Waals surface area contributed by atoms with Crippen LogP contribution in [0.3, 0.4) is 0 Å². The molecule has 2 aliphatic rings. The molecule has 0 radical (unpaired) electrons. The topological polar surface area (TPSA) is 101 Å². The number of ether oxygens (including phenoxy) is 2. The van der Waals surface area contributed by atoms with Gasteiger partial charge in [0.25, 0.3) is 11.8 Å². The molecular formula is C20H16F2N4O5. The first-order chi connectivity index (χ1) is 14.8. The molecule has 160 valence electrons. The summed E-state index contributed by atoms with van der Waals surface area (Å²) in [6, 6.07) is 5.20. The third-order valence-corrected chi connectivity index (χ3v) is 5.05. The van der Waals surface area contributed by atoms with E-state index in [0.29, 0.717) is 11.3 Å². The molecule has 2 amide bonds. The van der Waals surface area contributed by atoms with Gasteiger partial charge in [-0.25, -0.2) is 18.5 Å². The normalized spacial score (nSPS) is 19.7. The molecule has 0 saturated carbocycles. The largest absolute Gasteiger partial charge is 0.496 e. The first-order valence-electron chi connectivity index (χ1n) is 9.11. The molecule has 0 bridgehead atoms. The summed E-state index contributed by atoms with van der Waals surface area (Å²) in [5, 5.41) is 9.12. The van der Waals surface area contributed by atoms with Crippen molar-refractivity contribution < 1.29 is 32.6 Å². The van der Waals surface area contributed by atoms with E-state index in [1.165, 1.54) is 31.4 Å². The summed E-state index contributed by atoms with van der Waals surface area (Å²) in [6.07, 6.45) is 0. The maximum absolute atomic E-state index is 13.6. The molecule has 4 rings (SSSR count). The van der Waals surface area contributed by atoms with Crippen LogP contribution < -0.4 is 9.64 Å². The third-order valence-electron chi connectivity index (χ3n) is 5.05. The van der Waals surface area contributed by atoms with Crippen LogP contribution in [0.25, 0.3) is 0 Å². The molecular weight excluding hydrogens is 414 g/mol. The lowest BCUT2D eigenvalue weighted by Crippen LogP contribution is -2.39. The van der Waals surface area contributed by atoms with Crippen molar-refractivity contribution in [2.24, 2.45) is 10.3 Å². The molecule has 1 fully saturated rings. The predicted octanol–water partition coefficient (Wildman–Crippen LogP) is 2.25. The van der Waals surface area contributed by atoms with Gasteiger partial charge >= 0.3 is 5.97 Å². The highest BCUT2D eigenvalue weighted by molar-refractivity contribution is 6.25. The Morgan fingerprint density at radius 3 is 2.52 bits per heavy atom. The summed E-state index contributed by atoms with van der Waals surface area (Å²) in [4.78, 5) is 38.3. The lowest BCUT2D eigenvalue weighted by Gasteiger charge is -2.21. The summed E-state index contributed by atoms with van der Waals surface area (Å²) >= 11 is 0. The minimum Gasteiger partial charge on any atom is -0.496 e. The Balaban J connectivity index is 1.63. The zero-order valence-electron chi connectivity index (χ0n) is 16.4. The average Bonchev–Trinajstić information content (AvgIpc) is 3.29. The molecule has 0 aliphatic carbocycles. The molecule has 11 heteroatoms. The van der Waals surface area contributed by atoms with Crippen LogP contribution >= 0.6 is 0 Å². The molecule has 2 atom stereocenters. The SMILES string of the molecule is COC(=O)c1ccc(OC)c(CN2N=NC3C(=O)N(c4ccc(F)c(F)c4)C(=O)C32)c1. The van der Waals surface area contributed by atoms with E-state index in [1.54, 1.807) is 6.07 Å². The molecule has 0 spiro atoms. The van der Waals surface area contributed by atoms with Crippen LogP contribution in [0.15, 0.2) is 46.7 Å². The van der Waals surface area contributed by atoms with Crippen LogP contribution in [0, 0.1) is 11.6 Å². The molecule has 31 heavy (non-hydrogen) atoms. The fourth-order valence-corrected chi connectivity index (χ4v) is 3.55. The van der Waals surface area contributed by atoms with E-state index < -0.39 is 41.5 Å². The quantitative estimate of drug-likeness (QED) is 0.533. The van der Waals surface area contributed by atoms with Crippen LogP contribution in [-0.2, 0) is 20.9 Å². The van der Waals surface area contributed by atoms with Gasteiger partial charge in [-0.3, -0.25) is 14.6 Å². The van der Waals surface area contributed by atoms with E-state index in [4.69, 9.17) is 9.47 Å². The molecule has 2 unspecified atom stereocenters. The average molecular weight is 430 g/mol. The van der Waals surface area contributed by atoms with Crippen molar-refractivity contribution in [1.82, 2.24) is 5.01 Å². The minimum absolute atomic E-state index is 0.00329. The highest BCUT2D eigenvalue weighted by Crippen LogP contribution is 2.34. The molecule has 9 nitrogen and oxygen atoms in total. The second kappa shape index (κ2) is 7.74. The van der Waals surface area contributed by atoms with E-state index in [2.05, 4.69) is 10.3 Å². The van der Waals surface area contributed by atoms with Crippen molar-refractivity contribution in [3.63, 3.8) is 0 Å². The number of rotatable bonds is 5. The Bertz CT molecular complexity index is 1120. The summed E-state index contributed by atoms with van der Waals surface area (Å²) in [5.74, 6) is -3.77. The number of halogens is 2. The van der Waals surface area contributed by atoms with E-state index in [9.17, 15) is 23.2 Å². The molecule has 0 aromatic heterocycles. The Labute approximate surface area is 174 Å². The highest BCUT2D eigenvalue weighted by Gasteiger charge is 2.54. The van der Waals surface area contributed by atoms with Gasteiger partial charge in [0.2, 0.25) is 0 Å². The number of nitrogens with zero attached hydrogens (tertiary/aromatic N) is 4. The van der Waals surface area contributed by atoms with E-state index in [1.807, 2.05) is 0 Å². The Hall–Kier alpha value is -3.89. The fraction of sp³-hybridized carbons (Fsp3) is 0.250. The number of amides is 2. The van der Waals surface area contributed by atoms with Crippen LogP contribution in [0.4, 0.5) is 14.5 Å². The van der Waals surface area contributed by atoms with E-state index >= 15 is 0 Å². The number of imide groups is 1. The Morgan fingerprint density at radius 2 is 1.84 bits per heavy atom. The smallest absolute Gasteiger partial charge is 0.337 e.